The van der Waals surface area contributed by atoms with Crippen LogP contribution in [0.15, 0.2) is 29.7 Å². The lowest BCUT2D eigenvalue weighted by Gasteiger charge is -2.40. The van der Waals surface area contributed by atoms with E-state index in [1.54, 1.807) is 4.90 Å². The Morgan fingerprint density at radius 3 is 2.69 bits per heavy atom. The molecule has 5 rings (SSSR count). The fraction of sp³-hybridized carbons (Fsp3) is 0.286. The second kappa shape index (κ2) is 5.19. The predicted molar refractivity (Wildman–Crippen MR) is 111 cm³/mol. The summed E-state index contributed by atoms with van der Waals surface area (Å²) in [6.45, 7) is 7.99. The van der Waals surface area contributed by atoms with Gasteiger partial charge >= 0.3 is 0 Å². The van der Waals surface area contributed by atoms with E-state index in [4.69, 9.17) is 22.7 Å². The Bertz CT molecular complexity index is 1300. The van der Waals surface area contributed by atoms with Gasteiger partial charge in [-0.15, -0.1) is 0 Å². The minimum atomic E-state index is -1.44. The first-order valence-electron chi connectivity index (χ1n) is 9.23. The summed E-state index contributed by atoms with van der Waals surface area (Å²) in [4.78, 5) is 21.9. The van der Waals surface area contributed by atoms with Gasteiger partial charge in [-0.25, -0.2) is 0 Å². The molecular weight excluding hydrogens is 386 g/mol. The van der Waals surface area contributed by atoms with Crippen LogP contribution in [-0.4, -0.2) is 21.4 Å². The van der Waals surface area contributed by atoms with E-state index in [2.05, 4.69) is 28.2 Å². The molecule has 0 saturated carbocycles. The zero-order chi connectivity index (χ0) is 20.9. The van der Waals surface area contributed by atoms with Crippen molar-refractivity contribution >= 4 is 29.4 Å². The number of carbonyl (C=O) groups is 1. The number of aromatic amines is 2. The number of rotatable bonds is 0. The number of imidazole rings is 1. The van der Waals surface area contributed by atoms with Gasteiger partial charge in [0.05, 0.1) is 11.2 Å². The molecule has 29 heavy (non-hydrogen) atoms. The van der Waals surface area contributed by atoms with Crippen LogP contribution in [0.4, 0.5) is 5.69 Å². The van der Waals surface area contributed by atoms with Crippen molar-refractivity contribution in [2.45, 2.75) is 38.6 Å². The first-order chi connectivity index (χ1) is 13.6. The molecule has 4 heterocycles. The van der Waals surface area contributed by atoms with Gasteiger partial charge < -0.3 is 25.3 Å². The summed E-state index contributed by atoms with van der Waals surface area (Å²) < 4.78 is 5.92. The van der Waals surface area contributed by atoms with Crippen LogP contribution in [-0.2, 0) is 10.2 Å². The number of anilines is 1. The molecule has 3 aliphatic rings. The van der Waals surface area contributed by atoms with E-state index >= 15 is 0 Å². The molecule has 146 valence electrons. The summed E-state index contributed by atoms with van der Waals surface area (Å²) in [6.07, 6.45) is 2.08. The van der Waals surface area contributed by atoms with Crippen molar-refractivity contribution in [2.24, 2.45) is 5.73 Å². The third-order valence-electron chi connectivity index (χ3n) is 5.99. The number of allylic oxidation sites excluding steroid dienone is 1. The smallest absolute Gasteiger partial charge is 0.250 e. The summed E-state index contributed by atoms with van der Waals surface area (Å²) in [7, 11) is 0. The number of H-pyrrole nitrogens is 2. The molecule has 0 radical (unpaired) electrons. The number of hydrogen-bond acceptors (Lipinski definition) is 5. The largest absolute Gasteiger partial charge is 0.422 e. The summed E-state index contributed by atoms with van der Waals surface area (Å²) in [6, 6.07) is 6.17. The summed E-state index contributed by atoms with van der Waals surface area (Å²) in [5.41, 5.74) is 9.16. The Balaban J connectivity index is 2.01. The first-order valence-corrected chi connectivity index (χ1v) is 9.64. The van der Waals surface area contributed by atoms with Gasteiger partial charge in [-0.05, 0) is 51.6 Å². The number of benzene rings is 1. The Kier molecular flexibility index (Phi) is 3.18. The number of nitrogens with two attached hydrogens (primary N) is 1. The lowest BCUT2D eigenvalue weighted by molar-refractivity contribution is -0.121. The molecule has 0 aliphatic carbocycles. The van der Waals surface area contributed by atoms with Crippen LogP contribution < -0.4 is 15.4 Å². The molecule has 1 amide bonds. The molecule has 0 unspecified atom stereocenters. The van der Waals surface area contributed by atoms with E-state index in [9.17, 15) is 10.1 Å². The maximum atomic E-state index is 14.2. The predicted octanol–water partition coefficient (Wildman–Crippen LogP) is 3.30. The highest BCUT2D eigenvalue weighted by Crippen LogP contribution is 2.59. The second-order valence-electron chi connectivity index (χ2n) is 8.32. The number of hydrogen-bond donors (Lipinski definition) is 3. The molecule has 0 saturated heterocycles. The highest BCUT2D eigenvalue weighted by atomic mass is 32.1. The molecule has 1 aromatic heterocycles. The van der Waals surface area contributed by atoms with Gasteiger partial charge in [-0.2, -0.15) is 5.26 Å². The first kappa shape index (κ1) is 17.8. The number of nitriles is 1. The fourth-order valence-corrected chi connectivity index (χ4v) is 5.21. The number of amides is 1. The summed E-state index contributed by atoms with van der Waals surface area (Å²) in [5.74, 6) is -0.0870. The fourth-order valence-electron chi connectivity index (χ4n) is 5.01. The van der Waals surface area contributed by atoms with Gasteiger partial charge in [0.2, 0.25) is 17.7 Å². The van der Waals surface area contributed by atoms with E-state index in [1.807, 2.05) is 33.8 Å². The van der Waals surface area contributed by atoms with Crippen molar-refractivity contribution < 1.29 is 9.53 Å². The average Bonchev–Trinajstić information content (AvgIpc) is 3.10. The minimum Gasteiger partial charge on any atom is -0.422 e. The Hall–Kier alpha value is -3.31. The standard InChI is InChI=1S/C21H19N5O2S/c1-9-5-11-10(2)7-20(3,4)26-14(11)12(6-9)21(18(26)27)13(8-22)16(23)28-17-15(21)24-19(29)25-17/h5-7H,23H2,1-4H3,(H2,24,25,29)/t21-/m1/s1. The molecule has 1 atom stereocenters. The summed E-state index contributed by atoms with van der Waals surface area (Å²) in [5, 5.41) is 10.1. The Morgan fingerprint density at radius 1 is 1.28 bits per heavy atom. The van der Waals surface area contributed by atoms with Gasteiger partial charge in [-0.3, -0.25) is 4.79 Å². The molecule has 0 fully saturated rings. The molecular formula is C21H19N5O2S. The van der Waals surface area contributed by atoms with Crippen LogP contribution in [0, 0.1) is 23.0 Å². The van der Waals surface area contributed by atoms with Crippen molar-refractivity contribution in [2.75, 3.05) is 4.90 Å². The van der Waals surface area contributed by atoms with E-state index in [1.165, 1.54) is 0 Å². The lowest BCUT2D eigenvalue weighted by atomic mass is 9.71. The average molecular weight is 405 g/mol. The number of aryl methyl sites for hydroxylation is 1. The maximum absolute atomic E-state index is 14.2. The van der Waals surface area contributed by atoms with E-state index in [-0.39, 0.29) is 23.2 Å². The van der Waals surface area contributed by atoms with Crippen LogP contribution in [0.5, 0.6) is 5.88 Å². The van der Waals surface area contributed by atoms with E-state index in [0.717, 1.165) is 22.4 Å². The third-order valence-corrected chi connectivity index (χ3v) is 6.19. The SMILES string of the molecule is CC1=CC(C)(C)N2C(=O)[C@@]3(C(C#N)=C(N)Oc4[nH]c(=S)[nH]c43)c3cc(C)cc1c32. The van der Waals surface area contributed by atoms with Crippen LogP contribution in [0.3, 0.4) is 0 Å². The molecule has 4 N–H and O–H groups in total. The number of nitrogens with zero attached hydrogens (tertiary/aromatic N) is 2. The second-order valence-corrected chi connectivity index (χ2v) is 8.72. The third kappa shape index (κ3) is 1.90. The van der Waals surface area contributed by atoms with E-state index in [0.29, 0.717) is 16.0 Å². The van der Waals surface area contributed by atoms with E-state index < -0.39 is 11.0 Å². The Morgan fingerprint density at radius 2 is 2.00 bits per heavy atom. The number of nitrogens with one attached hydrogen (secondary N) is 2. The molecule has 2 aromatic rings. The van der Waals surface area contributed by atoms with Crippen LogP contribution in [0.2, 0.25) is 0 Å². The number of aromatic nitrogens is 2. The monoisotopic (exact) mass is 405 g/mol. The zero-order valence-electron chi connectivity index (χ0n) is 16.4. The van der Waals surface area contributed by atoms with Gasteiger partial charge in [-0.1, -0.05) is 17.7 Å². The number of ether oxygens (including phenoxy) is 1. The van der Waals surface area contributed by atoms with Crippen molar-refractivity contribution in [3.8, 4) is 11.9 Å². The summed E-state index contributed by atoms with van der Waals surface area (Å²) >= 11 is 5.27. The van der Waals surface area contributed by atoms with Gasteiger partial charge in [0.25, 0.3) is 0 Å². The molecule has 3 aliphatic heterocycles. The molecule has 1 spiro atoms. The molecule has 1 aromatic carbocycles. The number of carbonyl (C=O) groups excluding carboxylic acids is 1. The van der Waals surface area contributed by atoms with Crippen LogP contribution in [0.25, 0.3) is 5.57 Å². The zero-order valence-corrected chi connectivity index (χ0v) is 17.2. The van der Waals surface area contributed by atoms with Gasteiger partial charge in [0.15, 0.2) is 10.2 Å². The lowest BCUT2D eigenvalue weighted by Crippen LogP contribution is -2.53. The number of fused-ring (bicyclic) bond motifs is 3. The molecule has 0 bridgehead atoms. The van der Waals surface area contributed by atoms with Crippen LogP contribution in [0.1, 0.15) is 43.2 Å². The highest BCUT2D eigenvalue weighted by Gasteiger charge is 2.63. The van der Waals surface area contributed by atoms with Crippen molar-refractivity contribution in [3.05, 3.63) is 56.8 Å². The van der Waals surface area contributed by atoms with Gasteiger partial charge in [0.1, 0.15) is 17.3 Å². The minimum absolute atomic E-state index is 0.0657. The Labute approximate surface area is 172 Å². The topological polar surface area (TPSA) is 111 Å². The quantitative estimate of drug-likeness (QED) is 0.583. The van der Waals surface area contributed by atoms with Gasteiger partial charge in [0, 0.05) is 11.1 Å². The van der Waals surface area contributed by atoms with Crippen molar-refractivity contribution in [1.82, 2.24) is 9.97 Å². The van der Waals surface area contributed by atoms with Crippen molar-refractivity contribution in [1.29, 1.82) is 5.26 Å². The normalized spacial score (nSPS) is 23.5. The molecule has 8 heteroatoms. The molecule has 7 nitrogen and oxygen atoms in total. The van der Waals surface area contributed by atoms with Crippen LogP contribution >= 0.6 is 12.2 Å². The highest BCUT2D eigenvalue weighted by molar-refractivity contribution is 7.71. The maximum Gasteiger partial charge on any atom is 0.250 e. The van der Waals surface area contributed by atoms with Crippen molar-refractivity contribution in [3.63, 3.8) is 0 Å².